The molecule has 0 saturated heterocycles. The summed E-state index contributed by atoms with van der Waals surface area (Å²) in [4.78, 5) is 4.41. The van der Waals surface area contributed by atoms with E-state index in [-0.39, 0.29) is 24.0 Å². The van der Waals surface area contributed by atoms with Gasteiger partial charge in [-0.2, -0.15) is 10.4 Å². The first-order valence-corrected chi connectivity index (χ1v) is 9.58. The predicted octanol–water partition coefficient (Wildman–Crippen LogP) is 3.11. The second kappa shape index (κ2) is 10.9. The van der Waals surface area contributed by atoms with Gasteiger partial charge < -0.3 is 16.8 Å². The van der Waals surface area contributed by atoms with Crippen LogP contribution in [0.15, 0.2) is 35.3 Å². The first-order chi connectivity index (χ1) is 13.2. The van der Waals surface area contributed by atoms with E-state index in [0.717, 1.165) is 24.9 Å². The fourth-order valence-corrected chi connectivity index (χ4v) is 3.49. The number of guanidine groups is 1. The highest BCUT2D eigenvalue weighted by Crippen LogP contribution is 2.21. The third-order valence-corrected chi connectivity index (χ3v) is 4.92. The first kappa shape index (κ1) is 22.0. The number of aryl methyl sites for hydroxylation is 1. The molecule has 7 nitrogen and oxygen atoms in total. The summed E-state index contributed by atoms with van der Waals surface area (Å²) in [6.45, 7) is 0.592. The van der Waals surface area contributed by atoms with Crippen LogP contribution in [0.1, 0.15) is 49.8 Å². The molecule has 1 aromatic heterocycles. The van der Waals surface area contributed by atoms with Crippen molar-refractivity contribution < 1.29 is 0 Å². The molecule has 28 heavy (non-hydrogen) atoms. The molecule has 2 aromatic rings. The van der Waals surface area contributed by atoms with Crippen LogP contribution in [0.5, 0.6) is 0 Å². The zero-order chi connectivity index (χ0) is 19.1. The lowest BCUT2D eigenvalue weighted by Gasteiger charge is -2.23. The van der Waals surface area contributed by atoms with Crippen molar-refractivity contribution in [3.05, 3.63) is 41.6 Å². The Labute approximate surface area is 183 Å². The maximum atomic E-state index is 9.45. The van der Waals surface area contributed by atoms with Crippen molar-refractivity contribution >= 4 is 35.8 Å². The fourth-order valence-electron chi connectivity index (χ4n) is 3.49. The largest absolute Gasteiger partial charge is 0.382 e. The van der Waals surface area contributed by atoms with E-state index in [2.05, 4.69) is 21.5 Å². The van der Waals surface area contributed by atoms with E-state index in [1.54, 1.807) is 4.68 Å². The van der Waals surface area contributed by atoms with Gasteiger partial charge in [0.2, 0.25) is 0 Å². The summed E-state index contributed by atoms with van der Waals surface area (Å²) >= 11 is 0. The van der Waals surface area contributed by atoms with Gasteiger partial charge in [0, 0.05) is 12.6 Å². The molecular formula is C20H28IN7. The van der Waals surface area contributed by atoms with Crippen LogP contribution in [-0.4, -0.2) is 28.3 Å². The molecule has 0 radical (unpaired) electrons. The summed E-state index contributed by atoms with van der Waals surface area (Å²) in [5.41, 5.74) is 14.1. The molecule has 150 valence electrons. The molecule has 0 aliphatic heterocycles. The van der Waals surface area contributed by atoms with Crippen molar-refractivity contribution in [1.29, 1.82) is 5.26 Å². The molecule has 5 N–H and O–H groups in total. The van der Waals surface area contributed by atoms with Gasteiger partial charge in [0.1, 0.15) is 17.5 Å². The topological polar surface area (TPSA) is 118 Å². The van der Waals surface area contributed by atoms with Crippen LogP contribution in [-0.2, 0) is 6.42 Å². The van der Waals surface area contributed by atoms with Gasteiger partial charge >= 0.3 is 0 Å². The highest BCUT2D eigenvalue weighted by molar-refractivity contribution is 14.0. The van der Waals surface area contributed by atoms with Crippen LogP contribution >= 0.6 is 24.0 Å². The quantitative estimate of drug-likeness (QED) is 0.247. The molecule has 0 atom stereocenters. The second-order valence-electron chi connectivity index (χ2n) is 6.92. The molecule has 1 aromatic carbocycles. The summed E-state index contributed by atoms with van der Waals surface area (Å²) in [5.74, 6) is 0.886. The zero-order valence-electron chi connectivity index (χ0n) is 16.0. The first-order valence-electron chi connectivity index (χ1n) is 9.58. The Morgan fingerprint density at radius 2 is 1.96 bits per heavy atom. The van der Waals surface area contributed by atoms with E-state index < -0.39 is 0 Å². The predicted molar refractivity (Wildman–Crippen MR) is 123 cm³/mol. The van der Waals surface area contributed by atoms with E-state index in [1.807, 2.05) is 30.3 Å². The molecule has 0 unspecified atom stereocenters. The maximum absolute atomic E-state index is 9.45. The molecular weight excluding hydrogens is 465 g/mol. The van der Waals surface area contributed by atoms with Gasteiger partial charge in [0.05, 0.1) is 11.4 Å². The third kappa shape index (κ3) is 5.61. The maximum Gasteiger partial charge on any atom is 0.188 e. The standard InChI is InChI=1S/C20H27N7.HI/c21-14-17-18(26-27(19(17)22)16-10-5-2-6-11-16)12-7-13-24-20(23)25-15-8-3-1-4-9-15;/h2,5-6,10-11,15H,1,3-4,7-9,12-13,22H2,(H3,23,24,25);1H. The van der Waals surface area contributed by atoms with Crippen LogP contribution in [0.2, 0.25) is 0 Å². The number of hydrogen-bond acceptors (Lipinski definition) is 4. The lowest BCUT2D eigenvalue weighted by Crippen LogP contribution is -2.41. The number of nitrogen functional groups attached to an aromatic ring is 1. The van der Waals surface area contributed by atoms with Crippen molar-refractivity contribution in [1.82, 2.24) is 15.1 Å². The second-order valence-corrected chi connectivity index (χ2v) is 6.92. The van der Waals surface area contributed by atoms with Crippen LogP contribution in [0.25, 0.3) is 5.69 Å². The minimum atomic E-state index is 0. The van der Waals surface area contributed by atoms with E-state index in [4.69, 9.17) is 11.5 Å². The Morgan fingerprint density at radius 3 is 2.64 bits per heavy atom. The Balaban J connectivity index is 0.00000280. The zero-order valence-corrected chi connectivity index (χ0v) is 18.3. The number of nitrogens with zero attached hydrogens (tertiary/aromatic N) is 4. The van der Waals surface area contributed by atoms with Crippen molar-refractivity contribution in [3.63, 3.8) is 0 Å². The van der Waals surface area contributed by atoms with Crippen LogP contribution < -0.4 is 16.8 Å². The van der Waals surface area contributed by atoms with Crippen molar-refractivity contribution in [2.24, 2.45) is 10.7 Å². The van der Waals surface area contributed by atoms with Crippen LogP contribution in [0.3, 0.4) is 0 Å². The summed E-state index contributed by atoms with van der Waals surface area (Å²) in [7, 11) is 0. The number of aliphatic imine (C=N–C) groups is 1. The van der Waals surface area contributed by atoms with Crippen molar-refractivity contribution in [2.75, 3.05) is 12.3 Å². The number of aromatic nitrogens is 2. The number of nitrogens with one attached hydrogen (secondary N) is 1. The third-order valence-electron chi connectivity index (χ3n) is 4.92. The Bertz CT molecular complexity index is 817. The molecule has 1 fully saturated rings. The summed E-state index contributed by atoms with van der Waals surface area (Å²) in [6, 6.07) is 12.2. The minimum absolute atomic E-state index is 0. The lowest BCUT2D eigenvalue weighted by molar-refractivity contribution is 0.412. The lowest BCUT2D eigenvalue weighted by atomic mass is 9.96. The van der Waals surface area contributed by atoms with Gasteiger partial charge in [-0.05, 0) is 37.8 Å². The monoisotopic (exact) mass is 493 g/mol. The van der Waals surface area contributed by atoms with E-state index >= 15 is 0 Å². The number of nitriles is 1. The minimum Gasteiger partial charge on any atom is -0.382 e. The van der Waals surface area contributed by atoms with E-state index in [0.29, 0.717) is 42.0 Å². The summed E-state index contributed by atoms with van der Waals surface area (Å²) in [5, 5.41) is 17.3. The van der Waals surface area contributed by atoms with Crippen LogP contribution in [0.4, 0.5) is 5.82 Å². The van der Waals surface area contributed by atoms with Gasteiger partial charge in [-0.3, -0.25) is 4.99 Å². The Kier molecular flexibility index (Phi) is 8.57. The average Bonchev–Trinajstić information content (AvgIpc) is 3.02. The van der Waals surface area contributed by atoms with E-state index in [1.165, 1.54) is 19.3 Å². The number of rotatable bonds is 6. The number of halogens is 1. The van der Waals surface area contributed by atoms with Gasteiger partial charge in [-0.25, -0.2) is 4.68 Å². The van der Waals surface area contributed by atoms with Gasteiger partial charge in [-0.15, -0.1) is 24.0 Å². The fraction of sp³-hybridized carbons (Fsp3) is 0.450. The number of benzene rings is 1. The Hall–Kier alpha value is -2.28. The smallest absolute Gasteiger partial charge is 0.188 e. The molecule has 1 heterocycles. The average molecular weight is 493 g/mol. The van der Waals surface area contributed by atoms with Crippen molar-refractivity contribution in [3.8, 4) is 11.8 Å². The van der Waals surface area contributed by atoms with Crippen molar-refractivity contribution in [2.45, 2.75) is 51.0 Å². The number of anilines is 1. The Morgan fingerprint density at radius 1 is 1.25 bits per heavy atom. The highest BCUT2D eigenvalue weighted by atomic mass is 127. The van der Waals surface area contributed by atoms with Gasteiger partial charge in [0.25, 0.3) is 0 Å². The summed E-state index contributed by atoms with van der Waals surface area (Å²) < 4.78 is 1.62. The summed E-state index contributed by atoms with van der Waals surface area (Å²) in [6.07, 6.45) is 7.55. The molecule has 0 amide bonds. The molecule has 1 aliphatic carbocycles. The molecule has 3 rings (SSSR count). The van der Waals surface area contributed by atoms with E-state index in [9.17, 15) is 5.26 Å². The van der Waals surface area contributed by atoms with Gasteiger partial charge in [-0.1, -0.05) is 37.5 Å². The van der Waals surface area contributed by atoms with Gasteiger partial charge in [0.15, 0.2) is 5.96 Å². The highest BCUT2D eigenvalue weighted by Gasteiger charge is 2.16. The van der Waals surface area contributed by atoms with Crippen LogP contribution in [0, 0.1) is 11.3 Å². The number of hydrogen-bond donors (Lipinski definition) is 3. The molecule has 0 spiro atoms. The molecule has 1 aliphatic rings. The number of para-hydroxylation sites is 1. The molecule has 0 bridgehead atoms. The normalized spacial score (nSPS) is 14.9. The molecule has 8 heteroatoms. The number of nitrogens with two attached hydrogens (primary N) is 2. The SMILES string of the molecule is I.N#Cc1c(CCCN=C(N)NC2CCCCC2)nn(-c2ccccc2)c1N. The molecule has 1 saturated carbocycles.